The van der Waals surface area contributed by atoms with Crippen molar-refractivity contribution in [2.75, 3.05) is 26.7 Å². The summed E-state index contributed by atoms with van der Waals surface area (Å²) in [6, 6.07) is 0. The highest BCUT2D eigenvalue weighted by molar-refractivity contribution is 5.85. The number of amides is 1. The van der Waals surface area contributed by atoms with Gasteiger partial charge in [0.2, 0.25) is 5.91 Å². The molecule has 0 radical (unpaired) electrons. The molecule has 0 aliphatic carbocycles. The lowest BCUT2D eigenvalue weighted by Gasteiger charge is -2.22. The van der Waals surface area contributed by atoms with Crippen molar-refractivity contribution in [2.24, 2.45) is 0 Å². The largest absolute Gasteiger partial charge is 0.406 e. The molecule has 0 aromatic rings. The monoisotopic (exact) mass is 274 g/mol. The Kier molecular flexibility index (Phi) is 10.2. The summed E-state index contributed by atoms with van der Waals surface area (Å²) in [6.07, 6.45) is -2.42. The lowest BCUT2D eigenvalue weighted by atomic mass is 10.2. The van der Waals surface area contributed by atoms with Crippen LogP contribution in [0.4, 0.5) is 13.2 Å². The fourth-order valence-corrected chi connectivity index (χ4v) is 1.20. The summed E-state index contributed by atoms with van der Waals surface area (Å²) < 4.78 is 36.4. The Morgan fingerprint density at radius 2 is 2.06 bits per heavy atom. The molecule has 0 spiro atoms. The van der Waals surface area contributed by atoms with E-state index < -0.39 is 18.6 Å². The fraction of sp³-hybridized carbons (Fsp3) is 0.700. The Balaban J connectivity index is 0. The first-order chi connectivity index (χ1) is 7.40. The van der Waals surface area contributed by atoms with Crippen LogP contribution >= 0.6 is 12.4 Å². The van der Waals surface area contributed by atoms with Crippen LogP contribution in [-0.4, -0.2) is 43.7 Å². The minimum Gasteiger partial charge on any atom is -0.330 e. The minimum atomic E-state index is -4.36. The van der Waals surface area contributed by atoms with Crippen LogP contribution in [0.2, 0.25) is 0 Å². The maximum atomic E-state index is 12.1. The smallest absolute Gasteiger partial charge is 0.330 e. The van der Waals surface area contributed by atoms with E-state index in [2.05, 4.69) is 11.9 Å². The zero-order valence-corrected chi connectivity index (χ0v) is 10.5. The highest BCUT2D eigenvalue weighted by atomic mass is 35.5. The first-order valence-corrected chi connectivity index (χ1v) is 5.00. The summed E-state index contributed by atoms with van der Waals surface area (Å²) in [5.74, 6) is -0.493. The molecule has 0 aromatic heterocycles. The fourth-order valence-electron chi connectivity index (χ4n) is 1.20. The molecule has 0 atom stereocenters. The third kappa shape index (κ3) is 10.1. The van der Waals surface area contributed by atoms with Gasteiger partial charge < -0.3 is 10.2 Å². The van der Waals surface area contributed by atoms with E-state index in [1.165, 1.54) is 6.08 Å². The quantitative estimate of drug-likeness (QED) is 0.569. The molecule has 0 aliphatic heterocycles. The molecule has 0 saturated heterocycles. The Hall–Kier alpha value is -0.750. The van der Waals surface area contributed by atoms with Crippen LogP contribution in [0.1, 0.15) is 12.8 Å². The molecule has 0 aromatic carbocycles. The average molecular weight is 275 g/mol. The number of halogens is 4. The van der Waals surface area contributed by atoms with Gasteiger partial charge in [0, 0.05) is 13.0 Å². The van der Waals surface area contributed by atoms with E-state index in [-0.39, 0.29) is 25.4 Å². The van der Waals surface area contributed by atoms with Crippen LogP contribution in [0.25, 0.3) is 0 Å². The number of hydrogen-bond donors (Lipinski definition) is 1. The van der Waals surface area contributed by atoms with Crippen molar-refractivity contribution in [2.45, 2.75) is 19.0 Å². The minimum absolute atomic E-state index is 0. The van der Waals surface area contributed by atoms with Gasteiger partial charge in [-0.15, -0.1) is 19.0 Å². The van der Waals surface area contributed by atoms with Crippen molar-refractivity contribution in [1.29, 1.82) is 0 Å². The summed E-state index contributed by atoms with van der Waals surface area (Å²) in [4.78, 5) is 12.2. The van der Waals surface area contributed by atoms with Gasteiger partial charge in [-0.1, -0.05) is 6.08 Å². The van der Waals surface area contributed by atoms with Gasteiger partial charge in [-0.05, 0) is 20.0 Å². The van der Waals surface area contributed by atoms with Gasteiger partial charge in [-0.2, -0.15) is 13.2 Å². The molecule has 0 saturated carbocycles. The van der Waals surface area contributed by atoms with Crippen LogP contribution in [-0.2, 0) is 4.79 Å². The van der Waals surface area contributed by atoms with Crippen molar-refractivity contribution in [1.82, 2.24) is 10.2 Å². The predicted octanol–water partition coefficient (Wildman–Crippen LogP) is 1.98. The summed E-state index contributed by atoms with van der Waals surface area (Å²) in [7, 11) is 1.72. The second-order valence-electron chi connectivity index (χ2n) is 3.39. The van der Waals surface area contributed by atoms with E-state index in [0.29, 0.717) is 13.0 Å². The molecule has 7 heteroatoms. The van der Waals surface area contributed by atoms with Gasteiger partial charge >= 0.3 is 6.18 Å². The SMILES string of the molecule is C=CCN(CC(F)(F)F)C(=O)CCCNC.Cl. The molecule has 1 N–H and O–H groups in total. The van der Waals surface area contributed by atoms with E-state index in [0.717, 1.165) is 4.90 Å². The molecular weight excluding hydrogens is 257 g/mol. The van der Waals surface area contributed by atoms with Gasteiger partial charge in [0.1, 0.15) is 6.54 Å². The Bertz CT molecular complexity index is 234. The second-order valence-corrected chi connectivity index (χ2v) is 3.39. The Labute approximate surface area is 105 Å². The average Bonchev–Trinajstić information content (AvgIpc) is 2.15. The third-order valence-electron chi connectivity index (χ3n) is 1.89. The highest BCUT2D eigenvalue weighted by Crippen LogP contribution is 2.17. The Morgan fingerprint density at radius 3 is 2.47 bits per heavy atom. The van der Waals surface area contributed by atoms with Gasteiger partial charge in [0.15, 0.2) is 0 Å². The predicted molar refractivity (Wildman–Crippen MR) is 63.2 cm³/mol. The molecular formula is C10H18ClF3N2O. The lowest BCUT2D eigenvalue weighted by Crippen LogP contribution is -2.39. The number of rotatable bonds is 7. The number of carbonyl (C=O) groups excluding carboxylic acids is 1. The molecule has 0 fully saturated rings. The van der Waals surface area contributed by atoms with Crippen LogP contribution < -0.4 is 5.32 Å². The number of alkyl halides is 3. The second kappa shape index (κ2) is 9.30. The number of nitrogens with zero attached hydrogens (tertiary/aromatic N) is 1. The van der Waals surface area contributed by atoms with Crippen molar-refractivity contribution in [3.8, 4) is 0 Å². The Morgan fingerprint density at radius 1 is 1.47 bits per heavy atom. The van der Waals surface area contributed by atoms with Crippen molar-refractivity contribution in [3.63, 3.8) is 0 Å². The van der Waals surface area contributed by atoms with Crippen LogP contribution in [0.15, 0.2) is 12.7 Å². The lowest BCUT2D eigenvalue weighted by molar-refractivity contribution is -0.160. The molecule has 102 valence electrons. The summed E-state index contributed by atoms with van der Waals surface area (Å²) in [5.41, 5.74) is 0. The first kappa shape index (κ1) is 18.6. The molecule has 17 heavy (non-hydrogen) atoms. The molecule has 3 nitrogen and oxygen atoms in total. The van der Waals surface area contributed by atoms with E-state index in [9.17, 15) is 18.0 Å². The van der Waals surface area contributed by atoms with E-state index in [1.807, 2.05) is 0 Å². The van der Waals surface area contributed by atoms with Crippen molar-refractivity contribution in [3.05, 3.63) is 12.7 Å². The zero-order valence-electron chi connectivity index (χ0n) is 9.72. The standard InChI is InChI=1S/C10H17F3N2O.ClH/c1-3-7-15(8-10(11,12)13)9(16)5-4-6-14-2;/h3,14H,1,4-8H2,2H3;1H. The molecule has 0 heterocycles. The number of nitrogens with one attached hydrogen (secondary N) is 1. The number of carbonyl (C=O) groups is 1. The molecule has 1 amide bonds. The van der Waals surface area contributed by atoms with Crippen LogP contribution in [0.3, 0.4) is 0 Å². The zero-order chi connectivity index (χ0) is 12.6. The first-order valence-electron chi connectivity index (χ1n) is 5.00. The highest BCUT2D eigenvalue weighted by Gasteiger charge is 2.32. The van der Waals surface area contributed by atoms with Crippen molar-refractivity contribution < 1.29 is 18.0 Å². The maximum absolute atomic E-state index is 12.1. The number of hydrogen-bond acceptors (Lipinski definition) is 2. The summed E-state index contributed by atoms with van der Waals surface area (Å²) >= 11 is 0. The third-order valence-corrected chi connectivity index (χ3v) is 1.89. The molecule has 0 rings (SSSR count). The summed E-state index contributed by atoms with van der Waals surface area (Å²) in [5, 5.41) is 2.83. The topological polar surface area (TPSA) is 32.3 Å². The van der Waals surface area contributed by atoms with Gasteiger partial charge in [0.05, 0.1) is 0 Å². The van der Waals surface area contributed by atoms with E-state index in [1.54, 1.807) is 7.05 Å². The normalized spacial score (nSPS) is 10.6. The van der Waals surface area contributed by atoms with Gasteiger partial charge in [-0.25, -0.2) is 0 Å². The molecule has 0 bridgehead atoms. The molecule has 0 unspecified atom stereocenters. The summed E-state index contributed by atoms with van der Waals surface area (Å²) in [6.45, 7) is 2.66. The maximum Gasteiger partial charge on any atom is 0.406 e. The van der Waals surface area contributed by atoms with E-state index in [4.69, 9.17) is 0 Å². The van der Waals surface area contributed by atoms with Crippen LogP contribution in [0.5, 0.6) is 0 Å². The molecule has 0 aliphatic rings. The van der Waals surface area contributed by atoms with Crippen LogP contribution in [0, 0.1) is 0 Å². The van der Waals surface area contributed by atoms with Crippen molar-refractivity contribution >= 4 is 18.3 Å². The van der Waals surface area contributed by atoms with Gasteiger partial charge in [-0.3, -0.25) is 4.79 Å². The van der Waals surface area contributed by atoms with E-state index >= 15 is 0 Å². The van der Waals surface area contributed by atoms with Gasteiger partial charge in [0.25, 0.3) is 0 Å².